The maximum Gasteiger partial charge on any atom is 0.338 e. The van der Waals surface area contributed by atoms with Gasteiger partial charge in [0, 0.05) is 12.8 Å². The Bertz CT molecular complexity index is 554. The summed E-state index contributed by atoms with van der Waals surface area (Å²) in [6.07, 6.45) is 1.51. The lowest BCUT2D eigenvalue weighted by atomic mass is 10.1. The van der Waals surface area contributed by atoms with Crippen molar-refractivity contribution >= 4 is 17.7 Å². The fraction of sp³-hybridized carbons (Fsp3) is 0.250. The first-order chi connectivity index (χ1) is 8.72. The van der Waals surface area contributed by atoms with Gasteiger partial charge < -0.3 is 4.74 Å². The van der Waals surface area contributed by atoms with Crippen LogP contribution in [0.5, 0.6) is 0 Å². The molecule has 0 radical (unpaired) electrons. The van der Waals surface area contributed by atoms with Crippen molar-refractivity contribution < 1.29 is 9.53 Å². The molecular weight excluding hydrogens is 250 g/mol. The summed E-state index contributed by atoms with van der Waals surface area (Å²) < 4.78 is 6.46. The lowest BCUT2D eigenvalue weighted by Gasteiger charge is -2.06. The number of ether oxygens (including phenoxy) is 1. The molecule has 0 N–H and O–H groups in total. The molecule has 5 nitrogen and oxygen atoms in total. The first-order valence-electron chi connectivity index (χ1n) is 5.35. The van der Waals surface area contributed by atoms with E-state index in [2.05, 4.69) is 10.1 Å². The van der Waals surface area contributed by atoms with Crippen molar-refractivity contribution in [2.45, 2.75) is 10.9 Å². The van der Waals surface area contributed by atoms with Crippen LogP contribution in [0.2, 0.25) is 0 Å². The second-order valence-electron chi connectivity index (χ2n) is 3.60. The minimum absolute atomic E-state index is 0.316. The van der Waals surface area contributed by atoms with Crippen LogP contribution in [0.1, 0.15) is 15.9 Å². The number of rotatable bonds is 4. The number of hydrogen-bond acceptors (Lipinski definition) is 5. The van der Waals surface area contributed by atoms with Gasteiger partial charge in [0.2, 0.25) is 0 Å². The molecule has 2 aromatic rings. The summed E-state index contributed by atoms with van der Waals surface area (Å²) in [6, 6.07) is 7.40. The zero-order valence-electron chi connectivity index (χ0n) is 10.2. The van der Waals surface area contributed by atoms with Gasteiger partial charge in [0.25, 0.3) is 0 Å². The average Bonchev–Trinajstić information content (AvgIpc) is 2.81. The Balaban J connectivity index is 2.14. The molecule has 0 fully saturated rings. The first kappa shape index (κ1) is 12.6. The van der Waals surface area contributed by atoms with Gasteiger partial charge in [0.15, 0.2) is 5.16 Å². The number of esters is 1. The number of thioether (sulfide) groups is 1. The highest BCUT2D eigenvalue weighted by Crippen LogP contribution is 2.22. The van der Waals surface area contributed by atoms with E-state index < -0.39 is 0 Å². The molecule has 2 rings (SSSR count). The number of nitrogens with zero attached hydrogens (tertiary/aromatic N) is 3. The summed E-state index contributed by atoms with van der Waals surface area (Å²) in [6.45, 7) is 0. The molecule has 1 aromatic carbocycles. The number of aromatic nitrogens is 3. The van der Waals surface area contributed by atoms with Crippen molar-refractivity contribution in [2.24, 2.45) is 7.05 Å². The topological polar surface area (TPSA) is 57.0 Å². The van der Waals surface area contributed by atoms with Crippen LogP contribution in [-0.4, -0.2) is 27.8 Å². The molecule has 0 aliphatic rings. The van der Waals surface area contributed by atoms with Gasteiger partial charge in [0.1, 0.15) is 6.33 Å². The van der Waals surface area contributed by atoms with E-state index >= 15 is 0 Å². The Kier molecular flexibility index (Phi) is 3.99. The van der Waals surface area contributed by atoms with E-state index in [4.69, 9.17) is 4.74 Å². The molecular formula is C12H13N3O2S. The summed E-state index contributed by atoms with van der Waals surface area (Å²) in [4.78, 5) is 15.7. The highest BCUT2D eigenvalue weighted by atomic mass is 32.2. The highest BCUT2D eigenvalue weighted by Gasteiger charge is 2.11. The third kappa shape index (κ3) is 2.70. The van der Waals surface area contributed by atoms with E-state index in [1.807, 2.05) is 25.2 Å². The van der Waals surface area contributed by atoms with Gasteiger partial charge >= 0.3 is 5.97 Å². The van der Waals surface area contributed by atoms with E-state index in [1.165, 1.54) is 25.2 Å². The van der Waals surface area contributed by atoms with Crippen molar-refractivity contribution in [3.05, 3.63) is 41.7 Å². The number of carbonyl (C=O) groups is 1. The molecule has 0 aliphatic heterocycles. The molecule has 0 amide bonds. The van der Waals surface area contributed by atoms with Gasteiger partial charge in [-0.1, -0.05) is 30.0 Å². The predicted molar refractivity (Wildman–Crippen MR) is 68.3 cm³/mol. The largest absolute Gasteiger partial charge is 0.465 e. The molecule has 0 bridgehead atoms. The number of aryl methyl sites for hydroxylation is 1. The molecule has 0 aliphatic carbocycles. The molecule has 0 saturated carbocycles. The van der Waals surface area contributed by atoms with Crippen LogP contribution in [0.25, 0.3) is 0 Å². The smallest absolute Gasteiger partial charge is 0.338 e. The third-order valence-electron chi connectivity index (χ3n) is 2.45. The van der Waals surface area contributed by atoms with Crippen molar-refractivity contribution in [3.63, 3.8) is 0 Å². The second kappa shape index (κ2) is 5.68. The number of methoxy groups -OCH3 is 1. The molecule has 0 unspecified atom stereocenters. The Hall–Kier alpha value is -1.82. The fourth-order valence-electron chi connectivity index (χ4n) is 1.51. The normalized spacial score (nSPS) is 10.3. The Morgan fingerprint density at radius 3 is 2.89 bits per heavy atom. The molecule has 94 valence electrons. The van der Waals surface area contributed by atoms with Crippen molar-refractivity contribution in [1.82, 2.24) is 14.8 Å². The van der Waals surface area contributed by atoms with E-state index in [0.717, 1.165) is 10.7 Å². The summed E-state index contributed by atoms with van der Waals surface area (Å²) >= 11 is 1.53. The molecule has 18 heavy (non-hydrogen) atoms. The molecule has 0 saturated heterocycles. The maximum atomic E-state index is 11.6. The molecule has 0 spiro atoms. The highest BCUT2D eigenvalue weighted by molar-refractivity contribution is 7.98. The van der Waals surface area contributed by atoms with Gasteiger partial charge in [-0.3, -0.25) is 0 Å². The van der Waals surface area contributed by atoms with Crippen LogP contribution in [0, 0.1) is 0 Å². The monoisotopic (exact) mass is 263 g/mol. The van der Waals surface area contributed by atoms with Gasteiger partial charge in [-0.2, -0.15) is 5.10 Å². The lowest BCUT2D eigenvalue weighted by molar-refractivity contribution is 0.0600. The van der Waals surface area contributed by atoms with Crippen molar-refractivity contribution in [1.29, 1.82) is 0 Å². The molecule has 0 atom stereocenters. The standard InChI is InChI=1S/C12H13N3O2S/c1-15-12(13-8-14-15)18-7-9-5-3-4-6-10(9)11(16)17-2/h3-6,8H,7H2,1-2H3. The van der Waals surface area contributed by atoms with Crippen molar-refractivity contribution in [2.75, 3.05) is 7.11 Å². The quantitative estimate of drug-likeness (QED) is 0.623. The van der Waals surface area contributed by atoms with Crippen LogP contribution in [0.15, 0.2) is 35.7 Å². The summed E-state index contributed by atoms with van der Waals surface area (Å²) in [7, 11) is 3.22. The van der Waals surface area contributed by atoms with Gasteiger partial charge in [-0.15, -0.1) is 0 Å². The van der Waals surface area contributed by atoms with Crippen LogP contribution in [0.3, 0.4) is 0 Å². The third-order valence-corrected chi connectivity index (χ3v) is 3.53. The van der Waals surface area contributed by atoms with E-state index in [9.17, 15) is 4.79 Å². The van der Waals surface area contributed by atoms with E-state index in [1.54, 1.807) is 10.7 Å². The Morgan fingerprint density at radius 1 is 1.44 bits per heavy atom. The zero-order chi connectivity index (χ0) is 13.0. The van der Waals surface area contributed by atoms with E-state index in [-0.39, 0.29) is 5.97 Å². The number of benzene rings is 1. The SMILES string of the molecule is COC(=O)c1ccccc1CSc1ncnn1C. The lowest BCUT2D eigenvalue weighted by Crippen LogP contribution is -2.05. The Labute approximate surface area is 109 Å². The van der Waals surface area contributed by atoms with Crippen LogP contribution in [-0.2, 0) is 17.5 Å². The summed E-state index contributed by atoms with van der Waals surface area (Å²) in [5.41, 5.74) is 1.52. The summed E-state index contributed by atoms with van der Waals surface area (Å²) in [5.74, 6) is 0.335. The first-order valence-corrected chi connectivity index (χ1v) is 6.34. The second-order valence-corrected chi connectivity index (χ2v) is 4.55. The van der Waals surface area contributed by atoms with Gasteiger partial charge in [0.05, 0.1) is 12.7 Å². The predicted octanol–water partition coefficient (Wildman–Crippen LogP) is 1.89. The number of hydrogen-bond donors (Lipinski definition) is 0. The van der Waals surface area contributed by atoms with E-state index in [0.29, 0.717) is 11.3 Å². The summed E-state index contributed by atoms with van der Waals surface area (Å²) in [5, 5.41) is 4.81. The van der Waals surface area contributed by atoms with Gasteiger partial charge in [-0.25, -0.2) is 14.5 Å². The fourth-order valence-corrected chi connectivity index (χ4v) is 2.41. The van der Waals surface area contributed by atoms with Crippen LogP contribution < -0.4 is 0 Å². The maximum absolute atomic E-state index is 11.6. The molecule has 1 heterocycles. The minimum atomic E-state index is -0.316. The number of carbonyl (C=O) groups excluding carboxylic acids is 1. The van der Waals surface area contributed by atoms with Crippen LogP contribution >= 0.6 is 11.8 Å². The Morgan fingerprint density at radius 2 is 2.22 bits per heavy atom. The molecule has 6 heteroatoms. The van der Waals surface area contributed by atoms with Gasteiger partial charge in [-0.05, 0) is 11.6 Å². The van der Waals surface area contributed by atoms with Crippen molar-refractivity contribution in [3.8, 4) is 0 Å². The minimum Gasteiger partial charge on any atom is -0.465 e. The average molecular weight is 263 g/mol. The van der Waals surface area contributed by atoms with Crippen LogP contribution in [0.4, 0.5) is 0 Å². The zero-order valence-corrected chi connectivity index (χ0v) is 11.0. The molecule has 1 aromatic heterocycles.